The van der Waals surface area contributed by atoms with E-state index in [2.05, 4.69) is 5.10 Å². The fourth-order valence-corrected chi connectivity index (χ4v) is 1.91. The Balaban J connectivity index is 2.71. The van der Waals surface area contributed by atoms with E-state index in [1.165, 1.54) is 18.5 Å². The molecule has 1 aromatic heterocycles. The van der Waals surface area contributed by atoms with Gasteiger partial charge in [0.15, 0.2) is 17.3 Å². The number of primary amides is 1. The summed E-state index contributed by atoms with van der Waals surface area (Å²) < 4.78 is 1.42. The molecule has 0 aliphatic rings. The number of Topliss-reactive ketones (excluding diaryl/α,β-unsaturated/α-hetero) is 2. The van der Waals surface area contributed by atoms with Crippen LogP contribution in [0.2, 0.25) is 0 Å². The lowest BCUT2D eigenvalue weighted by Crippen LogP contribution is -2.14. The standard InChI is InChI=1S/C13H13N3O3/c1-7(17)6-16-11-4-3-9(8(2)18)5-10(11)12(15-16)13(14)19/h3-5H,6H2,1-2H3,(H2,14,19). The molecule has 0 unspecified atom stereocenters. The first-order valence-corrected chi connectivity index (χ1v) is 5.71. The van der Waals surface area contributed by atoms with E-state index in [-0.39, 0.29) is 23.8 Å². The summed E-state index contributed by atoms with van der Waals surface area (Å²) in [6, 6.07) is 4.86. The molecule has 2 N–H and O–H groups in total. The molecule has 0 radical (unpaired) electrons. The van der Waals surface area contributed by atoms with Crippen LogP contribution in [0.4, 0.5) is 0 Å². The Morgan fingerprint density at radius 1 is 1.26 bits per heavy atom. The Kier molecular flexibility index (Phi) is 3.16. The average molecular weight is 259 g/mol. The molecule has 0 spiro atoms. The van der Waals surface area contributed by atoms with Gasteiger partial charge in [-0.25, -0.2) is 0 Å². The van der Waals surface area contributed by atoms with Crippen LogP contribution in [-0.4, -0.2) is 27.3 Å². The molecule has 0 atom stereocenters. The van der Waals surface area contributed by atoms with E-state index < -0.39 is 5.91 Å². The Morgan fingerprint density at radius 2 is 1.95 bits per heavy atom. The van der Waals surface area contributed by atoms with Crippen LogP contribution in [0.5, 0.6) is 0 Å². The number of nitrogens with zero attached hydrogens (tertiary/aromatic N) is 2. The number of aromatic nitrogens is 2. The number of benzene rings is 1. The summed E-state index contributed by atoms with van der Waals surface area (Å²) >= 11 is 0. The highest BCUT2D eigenvalue weighted by Gasteiger charge is 2.16. The molecule has 0 aliphatic carbocycles. The maximum atomic E-state index is 11.4. The maximum Gasteiger partial charge on any atom is 0.269 e. The van der Waals surface area contributed by atoms with Crippen LogP contribution < -0.4 is 5.73 Å². The summed E-state index contributed by atoms with van der Waals surface area (Å²) in [6.07, 6.45) is 0. The molecule has 19 heavy (non-hydrogen) atoms. The van der Waals surface area contributed by atoms with Crippen molar-refractivity contribution in [2.75, 3.05) is 0 Å². The second-order valence-electron chi connectivity index (χ2n) is 4.36. The summed E-state index contributed by atoms with van der Waals surface area (Å²) in [5, 5.41) is 4.53. The number of nitrogens with two attached hydrogens (primary N) is 1. The molecule has 6 heteroatoms. The van der Waals surface area contributed by atoms with Crippen molar-refractivity contribution in [1.29, 1.82) is 0 Å². The van der Waals surface area contributed by atoms with Crippen molar-refractivity contribution in [2.45, 2.75) is 20.4 Å². The zero-order valence-electron chi connectivity index (χ0n) is 10.6. The van der Waals surface area contributed by atoms with Gasteiger partial charge in [-0.2, -0.15) is 5.10 Å². The van der Waals surface area contributed by atoms with Gasteiger partial charge in [-0.1, -0.05) is 0 Å². The van der Waals surface area contributed by atoms with Gasteiger partial charge in [-0.15, -0.1) is 0 Å². The maximum absolute atomic E-state index is 11.4. The molecule has 6 nitrogen and oxygen atoms in total. The van der Waals surface area contributed by atoms with Gasteiger partial charge in [0.1, 0.15) is 0 Å². The van der Waals surface area contributed by atoms with Gasteiger partial charge >= 0.3 is 0 Å². The fraction of sp³-hybridized carbons (Fsp3) is 0.231. The average Bonchev–Trinajstić information content (AvgIpc) is 2.66. The van der Waals surface area contributed by atoms with Gasteiger partial charge in [0.05, 0.1) is 12.1 Å². The number of ketones is 2. The lowest BCUT2D eigenvalue weighted by molar-refractivity contribution is -0.117. The second kappa shape index (κ2) is 4.64. The minimum atomic E-state index is -0.687. The molecule has 0 saturated heterocycles. The van der Waals surface area contributed by atoms with Crippen molar-refractivity contribution in [2.24, 2.45) is 5.73 Å². The highest BCUT2D eigenvalue weighted by Crippen LogP contribution is 2.20. The summed E-state index contributed by atoms with van der Waals surface area (Å²) in [6.45, 7) is 2.93. The highest BCUT2D eigenvalue weighted by atomic mass is 16.1. The largest absolute Gasteiger partial charge is 0.364 e. The fourth-order valence-electron chi connectivity index (χ4n) is 1.91. The third-order valence-corrected chi connectivity index (χ3v) is 2.76. The first-order chi connectivity index (χ1) is 8.90. The minimum absolute atomic E-state index is 0.0587. The third kappa shape index (κ3) is 2.37. The molecule has 0 bridgehead atoms. The summed E-state index contributed by atoms with van der Waals surface area (Å²) in [5.41, 5.74) is 6.41. The lowest BCUT2D eigenvalue weighted by Gasteiger charge is -2.00. The summed E-state index contributed by atoms with van der Waals surface area (Å²) in [7, 11) is 0. The van der Waals surface area contributed by atoms with Crippen LogP contribution in [0, 0.1) is 0 Å². The number of carbonyl (C=O) groups is 3. The highest BCUT2D eigenvalue weighted by molar-refractivity contribution is 6.07. The molecule has 1 amide bonds. The number of hydrogen-bond acceptors (Lipinski definition) is 4. The molecule has 2 aromatic rings. The molecule has 1 aromatic carbocycles. The van der Waals surface area contributed by atoms with Crippen molar-refractivity contribution >= 4 is 28.4 Å². The van der Waals surface area contributed by atoms with Gasteiger partial charge in [-0.3, -0.25) is 19.1 Å². The Bertz CT molecular complexity index is 700. The first-order valence-electron chi connectivity index (χ1n) is 5.71. The van der Waals surface area contributed by atoms with Gasteiger partial charge in [0.2, 0.25) is 0 Å². The predicted molar refractivity (Wildman–Crippen MR) is 68.9 cm³/mol. The third-order valence-electron chi connectivity index (χ3n) is 2.76. The topological polar surface area (TPSA) is 95.0 Å². The SMILES string of the molecule is CC(=O)Cn1nc(C(N)=O)c2cc(C(C)=O)ccc21. The quantitative estimate of drug-likeness (QED) is 0.826. The van der Waals surface area contributed by atoms with E-state index in [0.29, 0.717) is 16.5 Å². The van der Waals surface area contributed by atoms with Crippen LogP contribution in [0.1, 0.15) is 34.7 Å². The van der Waals surface area contributed by atoms with Crippen molar-refractivity contribution in [3.63, 3.8) is 0 Å². The summed E-state index contributed by atoms with van der Waals surface area (Å²) in [4.78, 5) is 33.9. The van der Waals surface area contributed by atoms with Crippen molar-refractivity contribution in [1.82, 2.24) is 9.78 Å². The molecular weight excluding hydrogens is 246 g/mol. The second-order valence-corrected chi connectivity index (χ2v) is 4.36. The van der Waals surface area contributed by atoms with Crippen molar-refractivity contribution in [3.8, 4) is 0 Å². The molecular formula is C13H13N3O3. The number of rotatable bonds is 4. The van der Waals surface area contributed by atoms with Crippen LogP contribution in [-0.2, 0) is 11.3 Å². The molecule has 2 rings (SSSR count). The van der Waals surface area contributed by atoms with Crippen LogP contribution >= 0.6 is 0 Å². The molecule has 0 fully saturated rings. The number of fused-ring (bicyclic) bond motifs is 1. The number of hydrogen-bond donors (Lipinski definition) is 1. The van der Waals surface area contributed by atoms with E-state index in [4.69, 9.17) is 5.73 Å². The molecule has 0 saturated carbocycles. The smallest absolute Gasteiger partial charge is 0.269 e. The molecule has 1 heterocycles. The first kappa shape index (κ1) is 12.9. The monoisotopic (exact) mass is 259 g/mol. The van der Waals surface area contributed by atoms with Crippen LogP contribution in [0.3, 0.4) is 0 Å². The van der Waals surface area contributed by atoms with Gasteiger partial charge in [-0.05, 0) is 32.0 Å². The normalized spacial score (nSPS) is 10.6. The minimum Gasteiger partial charge on any atom is -0.364 e. The summed E-state index contributed by atoms with van der Waals surface area (Å²) in [5.74, 6) is -0.888. The van der Waals surface area contributed by atoms with E-state index in [1.54, 1.807) is 18.2 Å². The zero-order valence-corrected chi connectivity index (χ0v) is 10.6. The lowest BCUT2D eigenvalue weighted by atomic mass is 10.1. The van der Waals surface area contributed by atoms with Crippen LogP contribution in [0.15, 0.2) is 18.2 Å². The Hall–Kier alpha value is -2.50. The predicted octanol–water partition coefficient (Wildman–Crippen LogP) is 0.927. The van der Waals surface area contributed by atoms with E-state index in [0.717, 1.165) is 0 Å². The van der Waals surface area contributed by atoms with E-state index >= 15 is 0 Å². The Labute approximate surface area is 109 Å². The Morgan fingerprint density at radius 3 is 2.47 bits per heavy atom. The van der Waals surface area contributed by atoms with Gasteiger partial charge in [0.25, 0.3) is 5.91 Å². The van der Waals surface area contributed by atoms with E-state index in [1.807, 2.05) is 0 Å². The molecule has 98 valence electrons. The van der Waals surface area contributed by atoms with Crippen LogP contribution in [0.25, 0.3) is 10.9 Å². The van der Waals surface area contributed by atoms with E-state index in [9.17, 15) is 14.4 Å². The zero-order chi connectivity index (χ0) is 14.2. The van der Waals surface area contributed by atoms with Crippen molar-refractivity contribution < 1.29 is 14.4 Å². The molecule has 0 aliphatic heterocycles. The van der Waals surface area contributed by atoms with Gasteiger partial charge < -0.3 is 5.73 Å². The van der Waals surface area contributed by atoms with Crippen molar-refractivity contribution in [3.05, 3.63) is 29.5 Å². The number of carbonyl (C=O) groups excluding carboxylic acids is 3. The number of amides is 1. The van der Waals surface area contributed by atoms with Gasteiger partial charge in [0, 0.05) is 10.9 Å².